The van der Waals surface area contributed by atoms with Crippen molar-refractivity contribution in [3.05, 3.63) is 66.1 Å². The predicted octanol–water partition coefficient (Wildman–Crippen LogP) is 3.19. The molecule has 0 spiro atoms. The van der Waals surface area contributed by atoms with E-state index in [-0.39, 0.29) is 5.91 Å². The monoisotopic (exact) mass is 376 g/mol. The number of carbonyl (C=O) groups excluding carboxylic acids is 1. The lowest BCUT2D eigenvalue weighted by Crippen LogP contribution is -2.29. The lowest BCUT2D eigenvalue weighted by atomic mass is 10.1. The van der Waals surface area contributed by atoms with Crippen LogP contribution < -0.4 is 10.1 Å². The van der Waals surface area contributed by atoms with Crippen LogP contribution in [0.25, 0.3) is 11.3 Å². The number of rotatable bonds is 8. The Kier molecular flexibility index (Phi) is 5.37. The van der Waals surface area contributed by atoms with Crippen molar-refractivity contribution in [1.82, 2.24) is 20.1 Å². The number of amides is 1. The molecule has 6 nitrogen and oxygen atoms in total. The highest BCUT2D eigenvalue weighted by molar-refractivity contribution is 5.78. The van der Waals surface area contributed by atoms with Gasteiger partial charge in [0, 0.05) is 24.2 Å². The van der Waals surface area contributed by atoms with Gasteiger partial charge in [0.25, 0.3) is 0 Å². The Hall–Kier alpha value is -3.15. The zero-order valence-corrected chi connectivity index (χ0v) is 16.0. The van der Waals surface area contributed by atoms with E-state index in [1.54, 1.807) is 7.11 Å². The number of nitrogens with one attached hydrogen (secondary N) is 1. The Balaban J connectivity index is 1.37. The van der Waals surface area contributed by atoms with Gasteiger partial charge in [0.2, 0.25) is 5.91 Å². The quantitative estimate of drug-likeness (QED) is 0.656. The zero-order chi connectivity index (χ0) is 19.3. The molecule has 3 aromatic rings. The first-order valence-corrected chi connectivity index (χ1v) is 9.61. The van der Waals surface area contributed by atoms with E-state index in [2.05, 4.69) is 15.4 Å². The van der Waals surface area contributed by atoms with Crippen LogP contribution in [-0.2, 0) is 17.8 Å². The van der Waals surface area contributed by atoms with Crippen LogP contribution >= 0.6 is 0 Å². The summed E-state index contributed by atoms with van der Waals surface area (Å²) >= 11 is 0. The van der Waals surface area contributed by atoms with E-state index in [4.69, 9.17) is 4.74 Å². The number of carbonyl (C=O) groups is 1. The second-order valence-corrected chi connectivity index (χ2v) is 7.03. The number of hydrogen-bond donors (Lipinski definition) is 1. The van der Waals surface area contributed by atoms with Crippen molar-refractivity contribution in [3.63, 3.8) is 0 Å². The molecular weight excluding hydrogens is 352 g/mol. The molecule has 1 aliphatic carbocycles. The minimum absolute atomic E-state index is 0.00155. The fourth-order valence-corrected chi connectivity index (χ4v) is 3.41. The minimum atomic E-state index is -0.00155. The number of ether oxygens (including phenoxy) is 1. The van der Waals surface area contributed by atoms with Crippen LogP contribution in [0.15, 0.2) is 54.9 Å². The van der Waals surface area contributed by atoms with Gasteiger partial charge >= 0.3 is 0 Å². The average Bonchev–Trinajstić information content (AvgIpc) is 3.48. The van der Waals surface area contributed by atoms with Gasteiger partial charge < -0.3 is 10.1 Å². The fraction of sp³-hybridized carbons (Fsp3) is 0.318. The molecule has 0 saturated heterocycles. The second-order valence-electron chi connectivity index (χ2n) is 7.03. The van der Waals surface area contributed by atoms with Crippen molar-refractivity contribution in [2.24, 2.45) is 0 Å². The van der Waals surface area contributed by atoms with E-state index in [0.717, 1.165) is 22.6 Å². The average molecular weight is 376 g/mol. The van der Waals surface area contributed by atoms with Crippen molar-refractivity contribution < 1.29 is 9.53 Å². The third-order valence-corrected chi connectivity index (χ3v) is 4.93. The molecule has 1 fully saturated rings. The summed E-state index contributed by atoms with van der Waals surface area (Å²) in [6.45, 7) is 1.20. The summed E-state index contributed by atoms with van der Waals surface area (Å²) in [5.74, 6) is 1.31. The van der Waals surface area contributed by atoms with Gasteiger partial charge in [-0.1, -0.05) is 18.2 Å². The Morgan fingerprint density at radius 1 is 1.25 bits per heavy atom. The lowest BCUT2D eigenvalue weighted by molar-refractivity contribution is -0.120. The largest absolute Gasteiger partial charge is 0.497 e. The molecule has 0 aliphatic heterocycles. The maximum atomic E-state index is 12.3. The van der Waals surface area contributed by atoms with Crippen molar-refractivity contribution >= 4 is 5.91 Å². The van der Waals surface area contributed by atoms with E-state index in [9.17, 15) is 4.79 Å². The van der Waals surface area contributed by atoms with Crippen LogP contribution in [0.3, 0.4) is 0 Å². The van der Waals surface area contributed by atoms with Gasteiger partial charge in [-0.15, -0.1) is 0 Å². The van der Waals surface area contributed by atoms with Crippen molar-refractivity contribution in [2.45, 2.75) is 31.7 Å². The number of nitrogens with zero attached hydrogens (tertiary/aromatic N) is 3. The fourth-order valence-electron chi connectivity index (χ4n) is 3.41. The standard InChI is InChI=1S/C22H24N4O2/c1-28-18-6-4-5-16(13-18)14-21(27)24-11-12-26-22(17-8-9-17)19(15-25-26)20-7-2-3-10-23-20/h2-7,10,13,15,17H,8-9,11-12,14H2,1H3,(H,24,27). The molecule has 28 heavy (non-hydrogen) atoms. The van der Waals surface area contributed by atoms with E-state index < -0.39 is 0 Å². The van der Waals surface area contributed by atoms with Crippen LogP contribution in [0.2, 0.25) is 0 Å². The summed E-state index contributed by atoms with van der Waals surface area (Å²) < 4.78 is 7.23. The summed E-state index contributed by atoms with van der Waals surface area (Å²) in [6.07, 6.45) is 6.42. The molecule has 2 aromatic heterocycles. The molecule has 1 amide bonds. The first-order chi connectivity index (χ1) is 13.7. The van der Waals surface area contributed by atoms with E-state index >= 15 is 0 Å². The SMILES string of the molecule is COc1cccc(CC(=O)NCCn2ncc(-c3ccccn3)c2C2CC2)c1. The Labute approximate surface area is 164 Å². The molecule has 1 N–H and O–H groups in total. The first kappa shape index (κ1) is 18.2. The maximum Gasteiger partial charge on any atom is 0.224 e. The number of hydrogen-bond acceptors (Lipinski definition) is 4. The molecular formula is C22H24N4O2. The van der Waals surface area contributed by atoms with Crippen LogP contribution in [0.5, 0.6) is 5.75 Å². The zero-order valence-electron chi connectivity index (χ0n) is 16.0. The minimum Gasteiger partial charge on any atom is -0.497 e. The van der Waals surface area contributed by atoms with Crippen LogP contribution in [-0.4, -0.2) is 34.3 Å². The third-order valence-electron chi connectivity index (χ3n) is 4.93. The highest BCUT2D eigenvalue weighted by Gasteiger charge is 2.30. The molecule has 4 rings (SSSR count). The molecule has 1 aliphatic rings. The van der Waals surface area contributed by atoms with E-state index in [1.165, 1.54) is 18.5 Å². The normalized spacial score (nSPS) is 13.3. The molecule has 0 bridgehead atoms. The molecule has 1 saturated carbocycles. The number of benzene rings is 1. The molecule has 144 valence electrons. The number of pyridine rings is 1. The molecule has 1 aromatic carbocycles. The Morgan fingerprint density at radius 2 is 2.14 bits per heavy atom. The first-order valence-electron chi connectivity index (χ1n) is 9.61. The van der Waals surface area contributed by atoms with E-state index in [1.807, 2.05) is 59.5 Å². The highest BCUT2D eigenvalue weighted by Crippen LogP contribution is 2.44. The highest BCUT2D eigenvalue weighted by atomic mass is 16.5. The van der Waals surface area contributed by atoms with Crippen LogP contribution in [0, 0.1) is 0 Å². The molecule has 0 radical (unpaired) electrons. The van der Waals surface area contributed by atoms with Crippen molar-refractivity contribution in [3.8, 4) is 17.0 Å². The van der Waals surface area contributed by atoms with Gasteiger partial charge in [-0.2, -0.15) is 5.10 Å². The molecule has 2 heterocycles. The van der Waals surface area contributed by atoms with Gasteiger partial charge in [0.15, 0.2) is 0 Å². The van der Waals surface area contributed by atoms with Crippen LogP contribution in [0.1, 0.15) is 30.0 Å². The number of aromatic nitrogens is 3. The van der Waals surface area contributed by atoms with Crippen molar-refractivity contribution in [2.75, 3.05) is 13.7 Å². The van der Waals surface area contributed by atoms with E-state index in [0.29, 0.717) is 25.4 Å². The summed E-state index contributed by atoms with van der Waals surface area (Å²) in [5.41, 5.74) is 4.23. The van der Waals surface area contributed by atoms with Crippen LogP contribution in [0.4, 0.5) is 0 Å². The maximum absolute atomic E-state index is 12.3. The lowest BCUT2D eigenvalue weighted by Gasteiger charge is -2.10. The van der Waals surface area contributed by atoms with Crippen molar-refractivity contribution in [1.29, 1.82) is 0 Å². The molecule has 0 unspecified atom stereocenters. The Bertz CT molecular complexity index is 948. The second kappa shape index (κ2) is 8.25. The molecule has 6 heteroatoms. The van der Waals surface area contributed by atoms with Gasteiger partial charge in [-0.3, -0.25) is 14.5 Å². The summed E-state index contributed by atoms with van der Waals surface area (Å²) in [6, 6.07) is 13.5. The summed E-state index contributed by atoms with van der Waals surface area (Å²) in [5, 5.41) is 7.56. The van der Waals surface area contributed by atoms with Gasteiger partial charge in [-0.05, 0) is 42.7 Å². The molecule has 0 atom stereocenters. The van der Waals surface area contributed by atoms with Gasteiger partial charge in [-0.25, -0.2) is 0 Å². The smallest absolute Gasteiger partial charge is 0.224 e. The van der Waals surface area contributed by atoms with Gasteiger partial charge in [0.1, 0.15) is 5.75 Å². The topological polar surface area (TPSA) is 69.0 Å². The predicted molar refractivity (Wildman–Crippen MR) is 107 cm³/mol. The Morgan fingerprint density at radius 3 is 2.89 bits per heavy atom. The summed E-state index contributed by atoms with van der Waals surface area (Å²) in [7, 11) is 1.62. The van der Waals surface area contributed by atoms with Gasteiger partial charge in [0.05, 0.1) is 37.7 Å². The summed E-state index contributed by atoms with van der Waals surface area (Å²) in [4.78, 5) is 16.7. The number of methoxy groups -OCH3 is 1. The third kappa shape index (κ3) is 4.22.